The van der Waals surface area contributed by atoms with Gasteiger partial charge in [0.25, 0.3) is 0 Å². The van der Waals surface area contributed by atoms with Crippen molar-refractivity contribution in [1.82, 2.24) is 15.2 Å². The quantitative estimate of drug-likeness (QED) is 0.836. The van der Waals surface area contributed by atoms with Crippen molar-refractivity contribution in [2.45, 2.75) is 31.5 Å². The van der Waals surface area contributed by atoms with Gasteiger partial charge in [-0.05, 0) is 18.8 Å². The highest BCUT2D eigenvalue weighted by atomic mass is 32.1. The summed E-state index contributed by atoms with van der Waals surface area (Å²) in [6.45, 7) is 0.458. The van der Waals surface area contributed by atoms with Crippen LogP contribution in [0.25, 0.3) is 0 Å². The Morgan fingerprint density at radius 1 is 1.59 bits per heavy atom. The summed E-state index contributed by atoms with van der Waals surface area (Å²) < 4.78 is 37.2. The van der Waals surface area contributed by atoms with E-state index >= 15 is 0 Å². The van der Waals surface area contributed by atoms with Crippen LogP contribution in [0.5, 0.6) is 0 Å². The summed E-state index contributed by atoms with van der Waals surface area (Å²) in [6.07, 6.45) is -2.73. The fourth-order valence-electron chi connectivity index (χ4n) is 1.96. The van der Waals surface area contributed by atoms with E-state index in [4.69, 9.17) is 0 Å². The molecule has 9 heteroatoms. The highest BCUT2D eigenvalue weighted by Crippen LogP contribution is 2.32. The second-order valence-electron chi connectivity index (χ2n) is 5.39. The van der Waals surface area contributed by atoms with Crippen molar-refractivity contribution in [3.05, 3.63) is 16.1 Å². The maximum atomic E-state index is 12.4. The summed E-state index contributed by atoms with van der Waals surface area (Å²) in [5.74, 6) is 0.284. The lowest BCUT2D eigenvalue weighted by Crippen LogP contribution is -2.42. The zero-order valence-electron chi connectivity index (χ0n) is 12.1. The average molecular weight is 337 g/mol. The number of thiazole rings is 1. The zero-order valence-corrected chi connectivity index (χ0v) is 12.9. The highest BCUT2D eigenvalue weighted by molar-refractivity contribution is 7.09. The van der Waals surface area contributed by atoms with Gasteiger partial charge in [0.05, 0.1) is 11.1 Å². The lowest BCUT2D eigenvalue weighted by molar-refractivity contribution is -0.140. The summed E-state index contributed by atoms with van der Waals surface area (Å²) in [7, 11) is 1.58. The van der Waals surface area contributed by atoms with Gasteiger partial charge in [-0.2, -0.15) is 13.2 Å². The van der Waals surface area contributed by atoms with Crippen LogP contribution in [0.2, 0.25) is 0 Å². The fraction of sp³-hybridized carbons (Fsp3) is 0.692. The molecule has 0 aliphatic heterocycles. The molecule has 2 amide bonds. The molecule has 124 valence electrons. The van der Waals surface area contributed by atoms with Crippen LogP contribution in [-0.4, -0.2) is 47.3 Å². The normalized spacial score (nSPS) is 16.4. The topological polar surface area (TPSA) is 65.5 Å². The van der Waals surface area contributed by atoms with Crippen molar-refractivity contribution in [2.24, 2.45) is 5.92 Å². The van der Waals surface area contributed by atoms with Gasteiger partial charge >= 0.3 is 12.2 Å². The Labute approximate surface area is 130 Å². The number of hydrogen-bond acceptors (Lipinski definition) is 4. The maximum Gasteiger partial charge on any atom is 0.434 e. The van der Waals surface area contributed by atoms with Crippen LogP contribution < -0.4 is 5.32 Å². The number of nitrogens with zero attached hydrogens (tertiary/aromatic N) is 2. The number of carbonyl (C=O) groups is 1. The Kier molecular flexibility index (Phi) is 5.28. The van der Waals surface area contributed by atoms with Gasteiger partial charge < -0.3 is 15.3 Å². The van der Waals surface area contributed by atoms with Gasteiger partial charge in [-0.1, -0.05) is 0 Å². The molecule has 0 radical (unpaired) electrons. The van der Waals surface area contributed by atoms with Crippen LogP contribution in [0, 0.1) is 5.92 Å². The largest absolute Gasteiger partial charge is 0.434 e. The van der Waals surface area contributed by atoms with Gasteiger partial charge in [0.15, 0.2) is 5.69 Å². The SMILES string of the molecule is CN(CC(O)C1CC1)C(=O)NCCc1nc(C(F)(F)F)cs1. The number of likely N-dealkylation sites (N-methyl/N-ethyl adjacent to an activating group) is 1. The van der Waals surface area contributed by atoms with Crippen LogP contribution >= 0.6 is 11.3 Å². The molecule has 1 saturated carbocycles. The summed E-state index contributed by atoms with van der Waals surface area (Å²) in [4.78, 5) is 16.7. The van der Waals surface area contributed by atoms with Crippen LogP contribution in [-0.2, 0) is 12.6 Å². The molecule has 1 fully saturated rings. The van der Waals surface area contributed by atoms with E-state index in [0.717, 1.165) is 29.6 Å². The Bertz CT molecular complexity index is 517. The average Bonchev–Trinajstić information content (AvgIpc) is 3.16. The molecule has 1 atom stereocenters. The zero-order chi connectivity index (χ0) is 16.3. The molecular weight excluding hydrogens is 319 g/mol. The van der Waals surface area contributed by atoms with Crippen molar-refractivity contribution in [3.63, 3.8) is 0 Å². The van der Waals surface area contributed by atoms with Crippen molar-refractivity contribution in [1.29, 1.82) is 0 Å². The molecule has 2 rings (SSSR count). The summed E-state index contributed by atoms with van der Waals surface area (Å²) >= 11 is 0.923. The van der Waals surface area contributed by atoms with Gasteiger partial charge in [0, 0.05) is 31.9 Å². The number of rotatable bonds is 6. The molecule has 0 spiro atoms. The molecule has 1 aliphatic carbocycles. The number of halogens is 3. The van der Waals surface area contributed by atoms with Crippen molar-refractivity contribution in [3.8, 4) is 0 Å². The first-order valence-corrected chi connectivity index (χ1v) is 7.84. The van der Waals surface area contributed by atoms with E-state index in [1.807, 2.05) is 0 Å². The van der Waals surface area contributed by atoms with Gasteiger partial charge in [0.2, 0.25) is 0 Å². The molecule has 1 heterocycles. The van der Waals surface area contributed by atoms with E-state index in [9.17, 15) is 23.1 Å². The minimum Gasteiger partial charge on any atom is -0.391 e. The number of nitrogens with one attached hydrogen (secondary N) is 1. The first-order chi connectivity index (χ1) is 10.3. The van der Waals surface area contributed by atoms with E-state index in [-0.39, 0.29) is 31.5 Å². The fourth-order valence-corrected chi connectivity index (χ4v) is 2.77. The number of alkyl halides is 3. The van der Waals surface area contributed by atoms with Crippen molar-refractivity contribution >= 4 is 17.4 Å². The second-order valence-corrected chi connectivity index (χ2v) is 6.33. The number of aliphatic hydroxyl groups is 1. The predicted octanol–water partition coefficient (Wildman–Crippen LogP) is 2.12. The molecule has 0 saturated heterocycles. The lowest BCUT2D eigenvalue weighted by Gasteiger charge is -2.21. The van der Waals surface area contributed by atoms with E-state index in [1.54, 1.807) is 7.05 Å². The van der Waals surface area contributed by atoms with Gasteiger partial charge in [-0.15, -0.1) is 11.3 Å². The second kappa shape index (κ2) is 6.82. The number of urea groups is 1. The van der Waals surface area contributed by atoms with Crippen LogP contribution in [0.4, 0.5) is 18.0 Å². The van der Waals surface area contributed by atoms with E-state index < -0.39 is 18.0 Å². The lowest BCUT2D eigenvalue weighted by atomic mass is 10.2. The summed E-state index contributed by atoms with van der Waals surface area (Å²) in [5, 5.41) is 13.7. The first-order valence-electron chi connectivity index (χ1n) is 6.96. The highest BCUT2D eigenvalue weighted by Gasteiger charge is 2.33. The Morgan fingerprint density at radius 2 is 2.27 bits per heavy atom. The molecule has 1 aromatic rings. The van der Waals surface area contributed by atoms with Crippen LogP contribution in [0.3, 0.4) is 0 Å². The molecule has 0 aromatic carbocycles. The molecule has 22 heavy (non-hydrogen) atoms. The molecule has 1 aromatic heterocycles. The van der Waals surface area contributed by atoms with E-state index in [0.29, 0.717) is 5.01 Å². The Morgan fingerprint density at radius 3 is 2.82 bits per heavy atom. The minimum atomic E-state index is -4.43. The molecule has 1 unspecified atom stereocenters. The number of carbonyl (C=O) groups excluding carboxylic acids is 1. The van der Waals surface area contributed by atoms with Crippen molar-refractivity contribution < 1.29 is 23.1 Å². The standard InChI is InChI=1S/C13H18F3N3O2S/c1-19(6-9(20)8-2-3-8)12(21)17-5-4-11-18-10(7-22-11)13(14,15)16/h7-9,20H,2-6H2,1H3,(H,17,21). The minimum absolute atomic E-state index is 0.202. The summed E-state index contributed by atoms with van der Waals surface area (Å²) in [5.41, 5.74) is -0.900. The number of amides is 2. The van der Waals surface area contributed by atoms with Crippen LogP contribution in [0.15, 0.2) is 5.38 Å². The Balaban J connectivity index is 1.71. The smallest absolute Gasteiger partial charge is 0.391 e. The third-order valence-corrected chi connectivity index (χ3v) is 4.34. The first kappa shape index (κ1) is 17.0. The third-order valence-electron chi connectivity index (χ3n) is 3.43. The molecule has 5 nitrogen and oxygen atoms in total. The third kappa shape index (κ3) is 4.84. The molecule has 0 bridgehead atoms. The molecular formula is C13H18F3N3O2S. The number of aliphatic hydroxyl groups excluding tert-OH is 1. The maximum absolute atomic E-state index is 12.4. The van der Waals surface area contributed by atoms with Crippen molar-refractivity contribution in [2.75, 3.05) is 20.1 Å². The van der Waals surface area contributed by atoms with Gasteiger partial charge in [-0.3, -0.25) is 0 Å². The Hall–Kier alpha value is -1.35. The van der Waals surface area contributed by atoms with Gasteiger partial charge in [-0.25, -0.2) is 9.78 Å². The number of hydrogen-bond donors (Lipinski definition) is 2. The predicted molar refractivity (Wildman–Crippen MR) is 75.6 cm³/mol. The van der Waals surface area contributed by atoms with Gasteiger partial charge in [0.1, 0.15) is 0 Å². The molecule has 2 N–H and O–H groups in total. The van der Waals surface area contributed by atoms with E-state index in [1.165, 1.54) is 4.90 Å². The monoisotopic (exact) mass is 337 g/mol. The van der Waals surface area contributed by atoms with E-state index in [2.05, 4.69) is 10.3 Å². The summed E-state index contributed by atoms with van der Waals surface area (Å²) in [6, 6.07) is -0.354. The van der Waals surface area contributed by atoms with Crippen LogP contribution in [0.1, 0.15) is 23.5 Å². The molecule has 1 aliphatic rings. The number of aromatic nitrogens is 1.